The molecule has 1 N–H and O–H groups in total. The summed E-state index contributed by atoms with van der Waals surface area (Å²) in [7, 11) is 0. The number of nitrogens with one attached hydrogen (secondary N) is 1. The molecule has 0 bridgehead atoms. The minimum absolute atomic E-state index is 0.00908. The zero-order chi connectivity index (χ0) is 20.5. The highest BCUT2D eigenvalue weighted by atomic mass is 35.5. The third kappa shape index (κ3) is 4.01. The van der Waals surface area contributed by atoms with Crippen LogP contribution in [0.2, 0.25) is 5.02 Å². The van der Waals surface area contributed by atoms with Crippen molar-refractivity contribution >= 4 is 28.9 Å². The van der Waals surface area contributed by atoms with Crippen LogP contribution in [0.4, 0.5) is 11.4 Å². The molecule has 1 heterocycles. The zero-order valence-electron chi connectivity index (χ0n) is 16.9. The topological polar surface area (TPSA) is 32.3 Å². The lowest BCUT2D eigenvalue weighted by atomic mass is 9.90. The summed E-state index contributed by atoms with van der Waals surface area (Å²) in [6.45, 7) is 6.26. The molecule has 0 saturated carbocycles. The highest BCUT2D eigenvalue weighted by Crippen LogP contribution is 2.40. The van der Waals surface area contributed by atoms with Crippen LogP contribution in [0.15, 0.2) is 66.7 Å². The molecule has 0 spiro atoms. The molecule has 148 valence electrons. The summed E-state index contributed by atoms with van der Waals surface area (Å²) in [6, 6.07) is 22.2. The van der Waals surface area contributed by atoms with Crippen LogP contribution in [0.25, 0.3) is 0 Å². The number of carbonyl (C=O) groups excluding carboxylic acids is 1. The van der Waals surface area contributed by atoms with Crippen LogP contribution in [0, 0.1) is 13.8 Å². The number of benzene rings is 3. The third-order valence-electron chi connectivity index (χ3n) is 5.54. The molecule has 0 aliphatic carbocycles. The Morgan fingerprint density at radius 2 is 1.62 bits per heavy atom. The third-order valence-corrected chi connectivity index (χ3v) is 5.79. The van der Waals surface area contributed by atoms with Gasteiger partial charge in [-0.2, -0.15) is 0 Å². The van der Waals surface area contributed by atoms with E-state index in [-0.39, 0.29) is 18.0 Å². The summed E-state index contributed by atoms with van der Waals surface area (Å²) in [6.07, 6.45) is 0.837. The zero-order valence-corrected chi connectivity index (χ0v) is 17.7. The second-order valence-electron chi connectivity index (χ2n) is 7.89. The normalized spacial score (nSPS) is 18.3. The van der Waals surface area contributed by atoms with E-state index in [4.69, 9.17) is 11.6 Å². The monoisotopic (exact) mass is 404 g/mol. The largest absolute Gasteiger partial charge is 0.378 e. The Hall–Kier alpha value is -2.78. The number of anilines is 2. The van der Waals surface area contributed by atoms with Gasteiger partial charge in [-0.05, 0) is 80.8 Å². The molecular weight excluding hydrogens is 380 g/mol. The van der Waals surface area contributed by atoms with Crippen molar-refractivity contribution in [3.05, 3.63) is 94.0 Å². The highest BCUT2D eigenvalue weighted by Gasteiger charge is 2.34. The van der Waals surface area contributed by atoms with Gasteiger partial charge in [0, 0.05) is 28.0 Å². The van der Waals surface area contributed by atoms with Crippen LogP contribution in [0.1, 0.15) is 46.4 Å². The first-order valence-electron chi connectivity index (χ1n) is 9.95. The molecule has 1 aliphatic heterocycles. The molecule has 2 atom stereocenters. The van der Waals surface area contributed by atoms with Crippen molar-refractivity contribution in [2.45, 2.75) is 39.3 Å². The maximum Gasteiger partial charge on any atom is 0.258 e. The number of aryl methyl sites for hydroxylation is 2. The Morgan fingerprint density at radius 1 is 0.966 bits per heavy atom. The predicted molar refractivity (Wildman–Crippen MR) is 121 cm³/mol. The molecule has 1 amide bonds. The van der Waals surface area contributed by atoms with Gasteiger partial charge in [-0.15, -0.1) is 0 Å². The lowest BCUT2D eigenvalue weighted by Gasteiger charge is -2.40. The Kier molecular flexibility index (Phi) is 5.33. The number of carbonyl (C=O) groups is 1. The van der Waals surface area contributed by atoms with Crippen molar-refractivity contribution in [1.29, 1.82) is 0 Å². The average Bonchev–Trinajstić information content (AvgIpc) is 2.70. The van der Waals surface area contributed by atoms with E-state index in [2.05, 4.69) is 68.6 Å². The number of rotatable bonds is 3. The highest BCUT2D eigenvalue weighted by molar-refractivity contribution is 6.30. The molecule has 0 fully saturated rings. The summed E-state index contributed by atoms with van der Waals surface area (Å²) >= 11 is 6.01. The van der Waals surface area contributed by atoms with Gasteiger partial charge in [0.1, 0.15) is 0 Å². The summed E-state index contributed by atoms with van der Waals surface area (Å²) in [5, 5.41) is 4.30. The van der Waals surface area contributed by atoms with E-state index < -0.39 is 0 Å². The fraction of sp³-hybridized carbons (Fsp3) is 0.240. The summed E-state index contributed by atoms with van der Waals surface area (Å²) in [4.78, 5) is 15.3. The van der Waals surface area contributed by atoms with E-state index in [1.54, 1.807) is 24.3 Å². The number of hydrogen-bond donors (Lipinski definition) is 1. The Morgan fingerprint density at radius 3 is 2.31 bits per heavy atom. The van der Waals surface area contributed by atoms with Crippen molar-refractivity contribution < 1.29 is 4.79 Å². The smallest absolute Gasteiger partial charge is 0.258 e. The minimum atomic E-state index is 0.00908. The average molecular weight is 405 g/mol. The van der Waals surface area contributed by atoms with Gasteiger partial charge in [-0.3, -0.25) is 4.79 Å². The fourth-order valence-electron chi connectivity index (χ4n) is 4.00. The van der Waals surface area contributed by atoms with Gasteiger partial charge in [0.2, 0.25) is 0 Å². The molecule has 0 saturated heterocycles. The van der Waals surface area contributed by atoms with E-state index in [1.807, 2.05) is 4.90 Å². The van der Waals surface area contributed by atoms with Gasteiger partial charge in [-0.1, -0.05) is 41.4 Å². The molecule has 3 nitrogen and oxygen atoms in total. The van der Waals surface area contributed by atoms with Gasteiger partial charge >= 0.3 is 0 Å². The molecule has 3 aromatic rings. The maximum atomic E-state index is 13.4. The van der Waals surface area contributed by atoms with Gasteiger partial charge in [0.25, 0.3) is 5.91 Å². The molecule has 1 aliphatic rings. The Bertz CT molecular complexity index is 1030. The van der Waals surface area contributed by atoms with Crippen LogP contribution in [-0.2, 0) is 0 Å². The number of hydrogen-bond acceptors (Lipinski definition) is 2. The van der Waals surface area contributed by atoms with E-state index in [0.29, 0.717) is 10.6 Å². The number of amides is 1. The Labute approximate surface area is 177 Å². The molecule has 4 rings (SSSR count). The van der Waals surface area contributed by atoms with Crippen LogP contribution in [-0.4, -0.2) is 11.9 Å². The molecule has 0 aromatic heterocycles. The molecule has 4 heteroatoms. The first-order chi connectivity index (χ1) is 13.9. The van der Waals surface area contributed by atoms with Crippen LogP contribution >= 0.6 is 11.6 Å². The fourth-order valence-corrected chi connectivity index (χ4v) is 4.12. The maximum absolute atomic E-state index is 13.4. The summed E-state index contributed by atoms with van der Waals surface area (Å²) in [5.41, 5.74) is 6.25. The number of halogens is 1. The van der Waals surface area contributed by atoms with Crippen molar-refractivity contribution in [1.82, 2.24) is 0 Å². The van der Waals surface area contributed by atoms with Gasteiger partial charge in [0.15, 0.2) is 0 Å². The molecule has 29 heavy (non-hydrogen) atoms. The first kappa shape index (κ1) is 19.5. The lowest BCUT2D eigenvalue weighted by Crippen LogP contribution is -2.44. The second kappa shape index (κ2) is 7.92. The second-order valence-corrected chi connectivity index (χ2v) is 8.33. The van der Waals surface area contributed by atoms with Crippen LogP contribution in [0.5, 0.6) is 0 Å². The van der Waals surface area contributed by atoms with E-state index >= 15 is 0 Å². The van der Waals surface area contributed by atoms with Crippen LogP contribution in [0.3, 0.4) is 0 Å². The lowest BCUT2D eigenvalue weighted by molar-refractivity contribution is 0.0974. The Balaban J connectivity index is 1.70. The van der Waals surface area contributed by atoms with Gasteiger partial charge < -0.3 is 10.2 Å². The summed E-state index contributed by atoms with van der Waals surface area (Å²) in [5.74, 6) is 0.00908. The first-order valence-corrected chi connectivity index (χ1v) is 10.3. The summed E-state index contributed by atoms with van der Waals surface area (Å²) < 4.78 is 0. The molecular formula is C25H25ClN2O. The standard InChI is InChI=1S/C25H25ClN2O/c1-16-4-11-21(12-5-16)27-23-15-18(3)28(24-14-17(2)6-13-22(23)24)25(29)19-7-9-20(26)10-8-19/h4-14,18,23,27H,15H2,1-3H3/t18-,23-/m1/s1. The van der Waals surface area contributed by atoms with Crippen molar-refractivity contribution in [2.75, 3.05) is 10.2 Å². The molecule has 3 aromatic carbocycles. The minimum Gasteiger partial charge on any atom is -0.378 e. The molecule has 0 radical (unpaired) electrons. The number of nitrogens with zero attached hydrogens (tertiary/aromatic N) is 1. The van der Waals surface area contributed by atoms with Crippen LogP contribution < -0.4 is 10.2 Å². The van der Waals surface area contributed by atoms with Gasteiger partial charge in [0.05, 0.1) is 6.04 Å². The quantitative estimate of drug-likeness (QED) is 0.536. The van der Waals surface area contributed by atoms with Crippen molar-refractivity contribution in [3.63, 3.8) is 0 Å². The molecule has 0 unspecified atom stereocenters. The number of fused-ring (bicyclic) bond motifs is 1. The van der Waals surface area contributed by atoms with E-state index in [9.17, 15) is 4.79 Å². The van der Waals surface area contributed by atoms with Crippen molar-refractivity contribution in [2.24, 2.45) is 0 Å². The van der Waals surface area contributed by atoms with Gasteiger partial charge in [-0.25, -0.2) is 0 Å². The van der Waals surface area contributed by atoms with E-state index in [0.717, 1.165) is 28.9 Å². The predicted octanol–water partition coefficient (Wildman–Crippen LogP) is 6.55. The van der Waals surface area contributed by atoms with E-state index in [1.165, 1.54) is 5.56 Å². The SMILES string of the molecule is Cc1ccc(N[C@@H]2C[C@@H](C)N(C(=O)c3ccc(Cl)cc3)c3cc(C)ccc32)cc1. The van der Waals surface area contributed by atoms with Crippen molar-refractivity contribution in [3.8, 4) is 0 Å².